The zero-order valence-corrected chi connectivity index (χ0v) is 13.4. The van der Waals surface area contributed by atoms with Crippen molar-refractivity contribution < 1.29 is 0 Å². The maximum atomic E-state index is 2.64. The summed E-state index contributed by atoms with van der Waals surface area (Å²) in [4.78, 5) is 4.03. The minimum absolute atomic E-state index is 0.0233. The van der Waals surface area contributed by atoms with E-state index >= 15 is 0 Å². The largest absolute Gasteiger partial charge is 0.281 e. The number of rotatable bonds is 2. The van der Waals surface area contributed by atoms with Gasteiger partial charge in [-0.05, 0) is 58.1 Å². The van der Waals surface area contributed by atoms with Crippen molar-refractivity contribution in [2.45, 2.75) is 16.9 Å². The van der Waals surface area contributed by atoms with Crippen LogP contribution < -0.4 is 0 Å². The van der Waals surface area contributed by atoms with E-state index < -0.39 is 0 Å². The first-order valence-electron chi connectivity index (χ1n) is 6.33. The highest BCUT2D eigenvalue weighted by Crippen LogP contribution is 2.47. The fraction of sp³-hybridized carbons (Fsp3) is 0.333. The first-order valence-corrected chi connectivity index (χ1v) is 8.29. The van der Waals surface area contributed by atoms with Gasteiger partial charge in [-0.3, -0.25) is 4.90 Å². The number of likely N-dealkylation sites (N-methyl/N-ethyl adjacent to an activating group) is 1. The summed E-state index contributed by atoms with van der Waals surface area (Å²) in [6.45, 7) is 4.50. The predicted molar refractivity (Wildman–Crippen MR) is 86.5 cm³/mol. The van der Waals surface area contributed by atoms with Gasteiger partial charge in [0.1, 0.15) is 3.55 Å². The Balaban J connectivity index is 2.20. The third-order valence-corrected chi connectivity index (χ3v) is 6.88. The fourth-order valence-corrected chi connectivity index (χ4v) is 5.30. The highest BCUT2D eigenvalue weighted by atomic mass is 127. The van der Waals surface area contributed by atoms with E-state index in [1.807, 2.05) is 11.3 Å². The van der Waals surface area contributed by atoms with Crippen molar-refractivity contribution in [1.29, 1.82) is 0 Å². The number of fused-ring (bicyclic) bond motifs is 1. The van der Waals surface area contributed by atoms with Gasteiger partial charge >= 0.3 is 0 Å². The van der Waals surface area contributed by atoms with Gasteiger partial charge in [-0.15, -0.1) is 11.3 Å². The van der Waals surface area contributed by atoms with E-state index in [1.165, 1.54) is 22.4 Å². The molecule has 0 saturated carbocycles. The summed E-state index contributed by atoms with van der Waals surface area (Å²) in [6, 6.07) is 13.3. The molecule has 0 amide bonds. The molecule has 18 heavy (non-hydrogen) atoms. The second-order valence-electron chi connectivity index (χ2n) is 4.59. The van der Waals surface area contributed by atoms with E-state index in [2.05, 4.69) is 76.2 Å². The molecule has 0 fully saturated rings. The van der Waals surface area contributed by atoms with Crippen LogP contribution in [0.15, 0.2) is 41.8 Å². The summed E-state index contributed by atoms with van der Waals surface area (Å²) in [5.41, 5.74) is 2.98. The molecule has 1 nitrogen and oxygen atoms in total. The Hall–Kier alpha value is -0.390. The van der Waals surface area contributed by atoms with Crippen LogP contribution in [0.2, 0.25) is 0 Å². The smallest absolute Gasteiger partial charge is 0.134 e. The Morgan fingerprint density at radius 3 is 2.83 bits per heavy atom. The number of halogens is 1. The third-order valence-electron chi connectivity index (χ3n) is 3.69. The standard InChI is InChI=1S/C15H16INS/c1-2-17-10-9-12-6-3-4-7-13(12)15(17,16)14-8-5-11-18-14/h3-8,11H,2,9-10H2,1H3. The SMILES string of the molecule is CCN1CCc2ccccc2C1(I)c1cccs1. The molecule has 0 spiro atoms. The molecule has 2 aromatic rings. The van der Waals surface area contributed by atoms with Crippen LogP contribution in [0.5, 0.6) is 0 Å². The highest BCUT2D eigenvalue weighted by molar-refractivity contribution is 14.1. The molecule has 0 aliphatic carbocycles. The molecule has 0 saturated heterocycles. The molecule has 94 valence electrons. The lowest BCUT2D eigenvalue weighted by molar-refractivity contribution is 0.213. The van der Waals surface area contributed by atoms with Crippen LogP contribution in [0.3, 0.4) is 0 Å². The average Bonchev–Trinajstić information content (AvgIpc) is 2.94. The minimum Gasteiger partial charge on any atom is -0.281 e. The fourth-order valence-electron chi connectivity index (χ4n) is 2.77. The maximum absolute atomic E-state index is 2.64. The number of nitrogens with zero attached hydrogens (tertiary/aromatic N) is 1. The van der Waals surface area contributed by atoms with Crippen molar-refractivity contribution in [2.24, 2.45) is 0 Å². The lowest BCUT2D eigenvalue weighted by Gasteiger charge is -2.43. The predicted octanol–water partition coefficient (Wildman–Crippen LogP) is 4.26. The average molecular weight is 369 g/mol. The van der Waals surface area contributed by atoms with Gasteiger partial charge in [0.2, 0.25) is 0 Å². The molecule has 0 N–H and O–H groups in total. The number of thiophene rings is 1. The Morgan fingerprint density at radius 2 is 2.11 bits per heavy atom. The van der Waals surface area contributed by atoms with Gasteiger partial charge in [-0.2, -0.15) is 0 Å². The minimum atomic E-state index is 0.0233. The van der Waals surface area contributed by atoms with Gasteiger partial charge in [-0.1, -0.05) is 37.3 Å². The summed E-state index contributed by atoms with van der Waals surface area (Å²) >= 11 is 4.50. The molecule has 1 aromatic heterocycles. The molecule has 1 atom stereocenters. The first-order chi connectivity index (χ1) is 8.76. The Morgan fingerprint density at radius 1 is 1.28 bits per heavy atom. The molecular weight excluding hydrogens is 353 g/mol. The number of hydrogen-bond donors (Lipinski definition) is 0. The number of benzene rings is 1. The first kappa shape index (κ1) is 12.6. The van der Waals surface area contributed by atoms with Crippen molar-refractivity contribution in [2.75, 3.05) is 13.1 Å². The summed E-state index contributed by atoms with van der Waals surface area (Å²) in [6.07, 6.45) is 1.17. The molecule has 1 aliphatic heterocycles. The normalized spacial score (nSPS) is 23.9. The van der Waals surface area contributed by atoms with Gasteiger partial charge in [0.15, 0.2) is 0 Å². The van der Waals surface area contributed by atoms with E-state index in [-0.39, 0.29) is 3.55 Å². The lowest BCUT2D eigenvalue weighted by Crippen LogP contribution is -2.46. The van der Waals surface area contributed by atoms with E-state index in [1.54, 1.807) is 0 Å². The van der Waals surface area contributed by atoms with Gasteiger partial charge in [0.25, 0.3) is 0 Å². The van der Waals surface area contributed by atoms with Gasteiger partial charge < -0.3 is 0 Å². The van der Waals surface area contributed by atoms with E-state index in [9.17, 15) is 0 Å². The quantitative estimate of drug-likeness (QED) is 0.434. The van der Waals surface area contributed by atoms with Gasteiger partial charge in [0.05, 0.1) is 0 Å². The molecule has 1 unspecified atom stereocenters. The van der Waals surface area contributed by atoms with Gasteiger partial charge in [-0.25, -0.2) is 0 Å². The Labute approximate surface area is 126 Å². The van der Waals surface area contributed by atoms with Crippen molar-refractivity contribution in [1.82, 2.24) is 4.90 Å². The lowest BCUT2D eigenvalue weighted by atomic mass is 9.91. The van der Waals surface area contributed by atoms with Crippen molar-refractivity contribution in [3.63, 3.8) is 0 Å². The molecule has 3 heteroatoms. The topological polar surface area (TPSA) is 3.24 Å². The van der Waals surface area contributed by atoms with E-state index in [4.69, 9.17) is 0 Å². The molecular formula is C15H16INS. The highest BCUT2D eigenvalue weighted by Gasteiger charge is 2.41. The monoisotopic (exact) mass is 369 g/mol. The van der Waals surface area contributed by atoms with Crippen molar-refractivity contribution in [3.8, 4) is 0 Å². The van der Waals surface area contributed by atoms with Crippen LogP contribution in [0, 0.1) is 0 Å². The Kier molecular flexibility index (Phi) is 3.47. The van der Waals surface area contributed by atoms with Crippen LogP contribution in [0.25, 0.3) is 0 Å². The van der Waals surface area contributed by atoms with E-state index in [0.29, 0.717) is 0 Å². The van der Waals surface area contributed by atoms with Crippen molar-refractivity contribution in [3.05, 3.63) is 57.8 Å². The number of hydrogen-bond acceptors (Lipinski definition) is 2. The molecule has 1 aliphatic rings. The summed E-state index contributed by atoms with van der Waals surface area (Å²) in [7, 11) is 0. The van der Waals surface area contributed by atoms with Crippen molar-refractivity contribution >= 4 is 33.9 Å². The van der Waals surface area contributed by atoms with Gasteiger partial charge in [0, 0.05) is 11.4 Å². The van der Waals surface area contributed by atoms with Crippen LogP contribution in [-0.2, 0) is 9.97 Å². The maximum Gasteiger partial charge on any atom is 0.134 e. The summed E-state index contributed by atoms with van der Waals surface area (Å²) < 4.78 is 0.0233. The zero-order valence-electron chi connectivity index (χ0n) is 10.4. The Bertz CT molecular complexity index is 537. The molecule has 2 heterocycles. The van der Waals surface area contributed by atoms with Crippen LogP contribution in [-0.4, -0.2) is 18.0 Å². The molecule has 0 bridgehead atoms. The third kappa shape index (κ3) is 1.84. The van der Waals surface area contributed by atoms with E-state index in [0.717, 1.165) is 13.1 Å². The second-order valence-corrected chi connectivity index (χ2v) is 7.10. The molecule has 3 rings (SSSR count). The summed E-state index contributed by atoms with van der Waals surface area (Å²) in [5.74, 6) is 0. The summed E-state index contributed by atoms with van der Waals surface area (Å²) in [5, 5.41) is 2.18. The second kappa shape index (κ2) is 4.94. The van der Waals surface area contributed by atoms with Crippen LogP contribution in [0.1, 0.15) is 22.9 Å². The number of alkyl halides is 1. The zero-order chi connectivity index (χ0) is 12.6. The van der Waals surface area contributed by atoms with Crippen LogP contribution in [0.4, 0.5) is 0 Å². The van der Waals surface area contributed by atoms with Crippen LogP contribution >= 0.6 is 33.9 Å². The molecule has 1 aromatic carbocycles. The molecule has 0 radical (unpaired) electrons.